The molecule has 0 N–H and O–H groups in total. The van der Waals surface area contributed by atoms with Gasteiger partial charge in [-0.1, -0.05) is 30.4 Å². The maximum atomic E-state index is 10.4. The fourth-order valence-corrected chi connectivity index (χ4v) is 1.28. The number of carbonyl (C=O) groups excluding carboxylic acids is 3. The summed E-state index contributed by atoms with van der Waals surface area (Å²) >= 11 is 0. The molecular weight excluding hydrogens is 634 g/mol. The van der Waals surface area contributed by atoms with Crippen molar-refractivity contribution in [1.82, 2.24) is 0 Å². The molecular formula is C24H41O3PY3. The Morgan fingerprint density at radius 1 is 0.903 bits per heavy atom. The van der Waals surface area contributed by atoms with Gasteiger partial charge in [0.2, 0.25) is 0 Å². The Hall–Kier alpha value is 1.09. The third-order valence-electron chi connectivity index (χ3n) is 2.15. The van der Waals surface area contributed by atoms with E-state index in [0.717, 1.165) is 31.7 Å². The summed E-state index contributed by atoms with van der Waals surface area (Å²) in [6, 6.07) is 0. The number of carbonyl (C=O) groups is 3. The second-order valence-electron chi connectivity index (χ2n) is 4.80. The Kier molecular flexibility index (Phi) is 131. The van der Waals surface area contributed by atoms with Gasteiger partial charge in [-0.3, -0.25) is 4.79 Å². The molecule has 0 saturated heterocycles. The van der Waals surface area contributed by atoms with Crippen molar-refractivity contribution in [3.63, 3.8) is 0 Å². The Bertz CT molecular complexity index is 478. The molecule has 0 aliphatic rings. The summed E-state index contributed by atoms with van der Waals surface area (Å²) in [5, 5.41) is 0. The summed E-state index contributed by atoms with van der Waals surface area (Å²) < 4.78 is 0. The van der Waals surface area contributed by atoms with Crippen LogP contribution in [-0.4, -0.2) is 24.0 Å². The molecule has 0 heterocycles. The summed E-state index contributed by atoms with van der Waals surface area (Å²) in [5.41, 5.74) is 0. The van der Waals surface area contributed by atoms with E-state index in [-0.39, 0.29) is 111 Å². The molecule has 3 nitrogen and oxygen atoms in total. The summed E-state index contributed by atoms with van der Waals surface area (Å²) in [5.74, 6) is 2.82. The fraction of sp³-hybridized carbons (Fsp3) is 0.417. The van der Waals surface area contributed by atoms with Gasteiger partial charge in [0.25, 0.3) is 0 Å². The summed E-state index contributed by atoms with van der Waals surface area (Å²) in [6.45, 7) is 8.67. The normalized spacial score (nSPS) is 7.55. The zero-order chi connectivity index (χ0) is 22.3. The second kappa shape index (κ2) is 69.7. The Balaban J connectivity index is -0.0000000295. The van der Waals surface area contributed by atoms with Gasteiger partial charge in [-0.2, -0.15) is 0 Å². The summed E-state index contributed by atoms with van der Waals surface area (Å²) in [7, 11) is 1.92. The molecule has 0 amide bonds. The molecule has 1 unspecified atom stereocenters. The van der Waals surface area contributed by atoms with Gasteiger partial charge in [0.15, 0.2) is 0 Å². The van der Waals surface area contributed by atoms with E-state index >= 15 is 0 Å². The molecule has 0 bridgehead atoms. The zero-order valence-electron chi connectivity index (χ0n) is 20.5. The van der Waals surface area contributed by atoms with E-state index < -0.39 is 0 Å². The first-order chi connectivity index (χ1) is 12.9. The first kappa shape index (κ1) is 58.2. The van der Waals surface area contributed by atoms with Crippen LogP contribution in [0.15, 0.2) is 36.5 Å². The van der Waals surface area contributed by atoms with Crippen molar-refractivity contribution >= 4 is 27.1 Å². The average Bonchev–Trinajstić information content (AvgIpc) is 2.64. The molecule has 169 valence electrons. The van der Waals surface area contributed by atoms with Gasteiger partial charge in [-0.15, -0.1) is 25.2 Å². The smallest absolute Gasteiger partial charge is 0.142 e. The van der Waals surface area contributed by atoms with Gasteiger partial charge in [0, 0.05) is 111 Å². The van der Waals surface area contributed by atoms with Gasteiger partial charge in [0.05, 0.1) is 6.16 Å². The number of aldehydes is 1. The number of hydrogen-bond donors (Lipinski definition) is 0. The van der Waals surface area contributed by atoms with Crippen molar-refractivity contribution in [2.45, 2.75) is 60.3 Å². The van der Waals surface area contributed by atoms with Crippen molar-refractivity contribution < 1.29 is 113 Å². The minimum atomic E-state index is 0. The Morgan fingerprint density at radius 3 is 1.48 bits per heavy atom. The topological polar surface area (TPSA) is 51.2 Å². The molecule has 0 spiro atoms. The van der Waals surface area contributed by atoms with Crippen molar-refractivity contribution in [3.05, 3.63) is 43.9 Å². The minimum absolute atomic E-state index is 0. The molecule has 0 aliphatic heterocycles. The molecule has 0 rings (SSSR count). The van der Waals surface area contributed by atoms with Gasteiger partial charge >= 0.3 is 0 Å². The van der Waals surface area contributed by atoms with Crippen LogP contribution in [0.4, 0.5) is 0 Å². The van der Waals surface area contributed by atoms with Crippen molar-refractivity contribution in [2.24, 2.45) is 0 Å². The maximum absolute atomic E-state index is 10.4. The average molecular weight is 675 g/mol. The molecule has 0 fully saturated rings. The quantitative estimate of drug-likeness (QED) is 0.0849. The molecule has 0 aliphatic carbocycles. The number of ketones is 2. The molecule has 0 aromatic rings. The molecule has 0 aromatic heterocycles. The van der Waals surface area contributed by atoms with E-state index in [2.05, 4.69) is 25.2 Å². The second-order valence-corrected chi connectivity index (χ2v) is 5.51. The molecule has 1 atom stereocenters. The summed E-state index contributed by atoms with van der Waals surface area (Å²) in [6.07, 6.45) is 28.9. The molecule has 31 heavy (non-hydrogen) atoms. The van der Waals surface area contributed by atoms with Crippen LogP contribution in [0.3, 0.4) is 0 Å². The van der Waals surface area contributed by atoms with Gasteiger partial charge < -0.3 is 17.0 Å². The molecule has 3 radical (unpaired) electrons. The van der Waals surface area contributed by atoms with Crippen LogP contribution in [0.25, 0.3) is 0 Å². The van der Waals surface area contributed by atoms with Crippen LogP contribution in [-0.2, 0) is 113 Å². The zero-order valence-corrected chi connectivity index (χ0v) is 30.4. The monoisotopic (exact) mass is 675 g/mol. The third-order valence-corrected chi connectivity index (χ3v) is 2.65. The van der Waals surface area contributed by atoms with E-state index in [0.29, 0.717) is 12.2 Å². The maximum Gasteiger partial charge on any atom is 0.142 e. The summed E-state index contributed by atoms with van der Waals surface area (Å²) in [4.78, 5) is 29.9. The van der Waals surface area contributed by atoms with Crippen LogP contribution >= 0.6 is 9.24 Å². The van der Waals surface area contributed by atoms with Crippen LogP contribution in [0.5, 0.6) is 0 Å². The predicted molar refractivity (Wildman–Crippen MR) is 131 cm³/mol. The largest absolute Gasteiger partial charge is 0.358 e. The fourth-order valence-electron chi connectivity index (χ4n) is 1.03. The first-order valence-electron chi connectivity index (χ1n) is 8.70. The molecule has 0 saturated carbocycles. The van der Waals surface area contributed by atoms with Crippen LogP contribution in [0.2, 0.25) is 0 Å². The van der Waals surface area contributed by atoms with E-state index in [1.807, 2.05) is 40.5 Å². The third kappa shape index (κ3) is 133. The van der Waals surface area contributed by atoms with Crippen LogP contribution in [0.1, 0.15) is 60.3 Å². The SMILES string of the molecule is C#C.C#CC.C/C=C/C=C\CCC(C)=O.C/C=C/C=O.CC(=O)CCC[PH3+].[CH3-].[Y].[Y].[Y]. The minimum Gasteiger partial charge on any atom is -0.358 e. The van der Waals surface area contributed by atoms with E-state index in [4.69, 9.17) is 0 Å². The number of Topliss-reactive ketones (excluding diaryl/α,β-unsaturated/α-hetero) is 2. The number of allylic oxidation sites excluding steroid dienone is 6. The van der Waals surface area contributed by atoms with Crippen LogP contribution < -0.4 is 0 Å². The van der Waals surface area contributed by atoms with Crippen molar-refractivity contribution in [3.8, 4) is 25.2 Å². The number of hydrogen-bond acceptors (Lipinski definition) is 3. The number of rotatable bonds is 8. The van der Waals surface area contributed by atoms with E-state index in [9.17, 15) is 14.4 Å². The first-order valence-corrected chi connectivity index (χ1v) is 9.70. The van der Waals surface area contributed by atoms with E-state index in [1.54, 1.807) is 33.8 Å². The van der Waals surface area contributed by atoms with Gasteiger partial charge in [-0.05, 0) is 62.8 Å². The molecule has 7 heteroatoms. The van der Waals surface area contributed by atoms with Crippen molar-refractivity contribution in [2.75, 3.05) is 6.16 Å². The standard InChI is InChI=1S/C9H14O.C5H11OP.C4H6O.C3H4.C2H2.CH3.3Y/c1-3-4-5-6-7-8-9(2)10;1-5(6)3-2-4-7;1-2-3-4-5;1-3-2;1-2;;;;/h3-6H,7-8H2,1-2H3;2-4,7H2,1H3;2-4H,1H3;1H,2H3;1-2H;1H3;;;/q;;;;;-1;;;/p+1/b4-3+,6-5-;;3-2+;;;;;;. The Morgan fingerprint density at radius 2 is 1.29 bits per heavy atom. The van der Waals surface area contributed by atoms with Crippen LogP contribution in [0, 0.1) is 32.6 Å². The predicted octanol–water partition coefficient (Wildman–Crippen LogP) is 5.54. The molecule has 0 aromatic carbocycles. The van der Waals surface area contributed by atoms with Gasteiger partial charge in [0.1, 0.15) is 17.9 Å². The van der Waals surface area contributed by atoms with Crippen molar-refractivity contribution in [1.29, 1.82) is 0 Å². The van der Waals surface area contributed by atoms with Gasteiger partial charge in [-0.25, -0.2) is 0 Å². The Labute approximate surface area is 271 Å². The number of terminal acetylenes is 2. The van der Waals surface area contributed by atoms with E-state index in [1.165, 1.54) is 6.08 Å².